The summed E-state index contributed by atoms with van der Waals surface area (Å²) in [7, 11) is 3.28. The van der Waals surface area contributed by atoms with Crippen LogP contribution in [0.25, 0.3) is 21.8 Å². The second-order valence-corrected chi connectivity index (χ2v) is 21.2. The van der Waals surface area contributed by atoms with Crippen LogP contribution in [0.2, 0.25) is 0 Å². The third kappa shape index (κ3) is 8.62. The van der Waals surface area contributed by atoms with Gasteiger partial charge in [-0.15, -0.1) is 13.2 Å². The molecule has 2 aromatic heterocycles. The Morgan fingerprint density at radius 1 is 0.539 bits per heavy atom. The van der Waals surface area contributed by atoms with Gasteiger partial charge in [-0.3, -0.25) is 38.9 Å². The number of fused-ring (bicyclic) bond motifs is 8. The average molecular weight is 1020 g/mol. The zero-order chi connectivity index (χ0) is 52.2. The summed E-state index contributed by atoms with van der Waals surface area (Å²) in [5.41, 5.74) is 3.14. The fourth-order valence-electron chi connectivity index (χ4n) is 13.3. The maximum absolute atomic E-state index is 14.2. The normalized spacial score (nSPS) is 24.4. The van der Waals surface area contributed by atoms with Crippen LogP contribution in [-0.4, -0.2) is 72.3 Å². The van der Waals surface area contributed by atoms with E-state index in [4.69, 9.17) is 19.4 Å². The van der Waals surface area contributed by atoms with Crippen LogP contribution in [0.4, 0.5) is 22.7 Å². The summed E-state index contributed by atoms with van der Waals surface area (Å²) in [5.74, 6) is 2.92. The SMILES string of the molecule is C=C[C@H]1CN2CC[C@H]1C[C@H]2[C@@H](Nc1c(N[C@@H](c2ccccc2)[C@@H](Nc2c(N[C@@H](c3ccnc4ccc(OC)cc34)[C@@H]3C[C@@H]4CCN3C[C@@H]4C=C)c(=O)c2=O)c2ccccc2)c(=O)c1=O)c1ccnc2ccc(OC)cc12. The maximum Gasteiger partial charge on any atom is 0.253 e. The molecule has 12 atom stereocenters. The number of anilines is 4. The van der Waals surface area contributed by atoms with Crippen molar-refractivity contribution >= 4 is 44.6 Å². The number of aromatic nitrogens is 2. The Balaban J connectivity index is 0.933. The molecule has 0 radical (unpaired) electrons. The number of nitrogens with zero attached hydrogens (tertiary/aromatic N) is 4. The highest BCUT2D eigenvalue weighted by Gasteiger charge is 2.46. The topological polar surface area (TPSA) is 167 Å². The molecule has 0 amide bonds. The van der Waals surface area contributed by atoms with Gasteiger partial charge in [0.2, 0.25) is 0 Å². The van der Waals surface area contributed by atoms with E-state index in [-0.39, 0.29) is 34.8 Å². The molecule has 8 aromatic rings. The highest BCUT2D eigenvalue weighted by Crippen LogP contribution is 2.47. The summed E-state index contributed by atoms with van der Waals surface area (Å²) in [5, 5.41) is 16.3. The first-order chi connectivity index (χ1) is 37.1. The first kappa shape index (κ1) is 49.0. The molecule has 6 saturated heterocycles. The second kappa shape index (κ2) is 20.3. The van der Waals surface area contributed by atoms with Crippen molar-refractivity contribution in [3.63, 3.8) is 0 Å². The summed E-state index contributed by atoms with van der Waals surface area (Å²) in [4.78, 5) is 71.3. The third-order valence-electron chi connectivity index (χ3n) is 17.4. The monoisotopic (exact) mass is 1010 g/mol. The number of hydrogen-bond donors (Lipinski definition) is 4. The van der Waals surface area contributed by atoms with E-state index in [0.717, 1.165) is 95.9 Å². The molecule has 0 spiro atoms. The standard InChI is InChI=1S/C62H62N8O6/c1-5-35-33-69-27-23-39(35)29-49(69)53(43-21-25-63-47-19-17-41(75-3)31-45(43)47)67-57-55(59(71)61(57)73)65-51(37-13-9-7-10-14-37)52(38-15-11-8-12-16-38)66-56-58(62(74)60(56)72)68-54(50-30-40-24-28-70(50)34-36(40)6-2)44-22-26-64-48-20-18-42(76-4)32-46(44)48/h5-22,25-26,31-32,35-36,39-40,49-54,65-68H,1-2,23-24,27-30,33-34H2,3-4H3/t35-,36-,39-,40-,49-,50-,51-,52-,53-,54-/m0/s1. The van der Waals surface area contributed by atoms with Gasteiger partial charge >= 0.3 is 0 Å². The van der Waals surface area contributed by atoms with E-state index in [1.54, 1.807) is 26.6 Å². The van der Waals surface area contributed by atoms with Gasteiger partial charge in [0, 0.05) is 48.3 Å². The van der Waals surface area contributed by atoms with Gasteiger partial charge in [-0.1, -0.05) is 72.8 Å². The second-order valence-electron chi connectivity index (χ2n) is 21.2. The van der Waals surface area contributed by atoms with E-state index in [9.17, 15) is 19.2 Å². The largest absolute Gasteiger partial charge is 0.497 e. The lowest BCUT2D eigenvalue weighted by Gasteiger charge is -2.52. The van der Waals surface area contributed by atoms with Crippen LogP contribution < -0.4 is 52.5 Å². The van der Waals surface area contributed by atoms with Crippen LogP contribution in [-0.2, 0) is 0 Å². The molecule has 4 N–H and O–H groups in total. The van der Waals surface area contributed by atoms with Crippen LogP contribution in [0, 0.1) is 23.7 Å². The van der Waals surface area contributed by atoms with Crippen LogP contribution >= 0.6 is 0 Å². The van der Waals surface area contributed by atoms with E-state index in [1.165, 1.54) is 0 Å². The summed E-state index contributed by atoms with van der Waals surface area (Å²) in [6, 6.07) is 32.6. The predicted octanol–water partition coefficient (Wildman–Crippen LogP) is 9.10. The molecule has 6 aliphatic rings. The lowest BCUT2D eigenvalue weighted by Crippen LogP contribution is -2.56. The van der Waals surface area contributed by atoms with Gasteiger partial charge in [0.25, 0.3) is 21.7 Å². The molecule has 8 heterocycles. The van der Waals surface area contributed by atoms with Crippen LogP contribution in [0.15, 0.2) is 166 Å². The Morgan fingerprint density at radius 2 is 0.934 bits per heavy atom. The molecule has 76 heavy (non-hydrogen) atoms. The lowest BCUT2D eigenvalue weighted by atomic mass is 9.73. The van der Waals surface area contributed by atoms with Crippen molar-refractivity contribution in [3.8, 4) is 11.5 Å². The zero-order valence-corrected chi connectivity index (χ0v) is 42.8. The number of ether oxygens (including phenoxy) is 2. The summed E-state index contributed by atoms with van der Waals surface area (Å²) >= 11 is 0. The minimum atomic E-state index is -0.750. The number of rotatable bonds is 19. The Kier molecular flexibility index (Phi) is 13.1. The lowest BCUT2D eigenvalue weighted by molar-refractivity contribution is 0.0105. The summed E-state index contributed by atoms with van der Waals surface area (Å²) in [6.45, 7) is 11.8. The van der Waals surface area contributed by atoms with Gasteiger partial charge in [0.1, 0.15) is 34.2 Å². The number of nitrogens with one attached hydrogen (secondary N) is 4. The van der Waals surface area contributed by atoms with E-state index < -0.39 is 45.9 Å². The molecule has 14 nitrogen and oxygen atoms in total. The molecule has 2 unspecified atom stereocenters. The molecule has 0 saturated carbocycles. The Hall–Kier alpha value is -7.94. The van der Waals surface area contributed by atoms with E-state index in [0.29, 0.717) is 35.2 Å². The summed E-state index contributed by atoms with van der Waals surface area (Å²) < 4.78 is 11.4. The first-order valence-electron chi connectivity index (χ1n) is 26.6. The maximum atomic E-state index is 14.2. The van der Waals surface area contributed by atoms with Crippen molar-refractivity contribution in [3.05, 3.63) is 210 Å². The smallest absolute Gasteiger partial charge is 0.253 e. The van der Waals surface area contributed by atoms with Crippen molar-refractivity contribution in [2.45, 2.75) is 61.9 Å². The number of methoxy groups -OCH3 is 2. The quantitative estimate of drug-likeness (QED) is 0.0447. The number of hydrogen-bond acceptors (Lipinski definition) is 14. The highest BCUT2D eigenvalue weighted by molar-refractivity contribution is 5.87. The fraction of sp³-hybridized carbons (Fsp3) is 0.323. The van der Waals surface area contributed by atoms with E-state index in [1.807, 2.05) is 109 Å². The molecule has 14 rings (SSSR count). The minimum Gasteiger partial charge on any atom is -0.497 e. The zero-order valence-electron chi connectivity index (χ0n) is 42.8. The van der Waals surface area contributed by atoms with Crippen molar-refractivity contribution in [1.29, 1.82) is 0 Å². The minimum absolute atomic E-state index is 0.0207. The van der Waals surface area contributed by atoms with Crippen LogP contribution in [0.1, 0.15) is 72.1 Å². The first-order valence-corrected chi connectivity index (χ1v) is 26.6. The van der Waals surface area contributed by atoms with E-state index >= 15 is 0 Å². The molecule has 4 bridgehead atoms. The Morgan fingerprint density at radius 3 is 1.29 bits per heavy atom. The van der Waals surface area contributed by atoms with Gasteiger partial charge in [-0.05, 0) is 133 Å². The number of piperidine rings is 6. The number of pyridine rings is 2. The van der Waals surface area contributed by atoms with Gasteiger partial charge in [-0.2, -0.15) is 0 Å². The molecule has 6 aliphatic heterocycles. The predicted molar refractivity (Wildman–Crippen MR) is 301 cm³/mol. The van der Waals surface area contributed by atoms with Crippen molar-refractivity contribution < 1.29 is 9.47 Å². The van der Waals surface area contributed by atoms with Gasteiger partial charge in [-0.25, -0.2) is 0 Å². The van der Waals surface area contributed by atoms with Crippen LogP contribution in [0.3, 0.4) is 0 Å². The summed E-state index contributed by atoms with van der Waals surface area (Å²) in [6.07, 6.45) is 11.6. The van der Waals surface area contributed by atoms with Gasteiger partial charge in [0.05, 0.1) is 49.4 Å². The number of benzene rings is 4. The van der Waals surface area contributed by atoms with Gasteiger partial charge in [0.15, 0.2) is 0 Å². The van der Waals surface area contributed by atoms with E-state index in [2.05, 4.69) is 56.4 Å². The molecule has 14 heteroatoms. The average Bonchev–Trinajstić information content (AvgIpc) is 3.56. The van der Waals surface area contributed by atoms with Gasteiger partial charge < -0.3 is 30.7 Å². The molecular formula is C62H62N8O6. The van der Waals surface area contributed by atoms with Crippen molar-refractivity contribution in [2.24, 2.45) is 23.7 Å². The molecule has 6 fully saturated rings. The Labute approximate surface area is 440 Å². The molecule has 0 aliphatic carbocycles. The molecule has 6 aromatic carbocycles. The van der Waals surface area contributed by atoms with Crippen molar-refractivity contribution in [2.75, 3.05) is 61.7 Å². The molecular weight excluding hydrogens is 953 g/mol. The van der Waals surface area contributed by atoms with Crippen molar-refractivity contribution in [1.82, 2.24) is 19.8 Å². The molecule has 386 valence electrons. The third-order valence-corrected chi connectivity index (χ3v) is 17.4. The highest BCUT2D eigenvalue weighted by atomic mass is 16.5. The van der Waals surface area contributed by atoms with Crippen LogP contribution in [0.5, 0.6) is 11.5 Å². The Bertz CT molecular complexity index is 3390. The fourth-order valence-corrected chi connectivity index (χ4v) is 13.3.